The second-order valence-corrected chi connectivity index (χ2v) is 10.2. The van der Waals surface area contributed by atoms with Gasteiger partial charge < -0.3 is 4.90 Å². The van der Waals surface area contributed by atoms with Crippen LogP contribution >= 0.6 is 0 Å². The van der Waals surface area contributed by atoms with Crippen molar-refractivity contribution in [2.24, 2.45) is 7.05 Å². The van der Waals surface area contributed by atoms with E-state index in [1.165, 1.54) is 11.9 Å². The first kappa shape index (κ1) is 24.0. The summed E-state index contributed by atoms with van der Waals surface area (Å²) < 4.78 is 1.84. The number of rotatable bonds is 7. The molecule has 2 fully saturated rings. The Balaban J connectivity index is 1.47. The maximum absolute atomic E-state index is 13.9. The van der Waals surface area contributed by atoms with Crippen LogP contribution in [-0.4, -0.2) is 50.4 Å². The fourth-order valence-electron chi connectivity index (χ4n) is 5.35. The van der Waals surface area contributed by atoms with E-state index in [0.29, 0.717) is 12.1 Å². The van der Waals surface area contributed by atoms with Gasteiger partial charge in [-0.15, -0.1) is 0 Å². The molecule has 36 heavy (non-hydrogen) atoms. The molecule has 3 aromatic rings. The summed E-state index contributed by atoms with van der Waals surface area (Å²) in [5, 5.41) is 4.51. The van der Waals surface area contributed by atoms with Crippen LogP contribution < -0.4 is 0 Å². The van der Waals surface area contributed by atoms with Gasteiger partial charge in [0.2, 0.25) is 17.7 Å². The van der Waals surface area contributed by atoms with Gasteiger partial charge in [-0.2, -0.15) is 5.10 Å². The zero-order valence-electron chi connectivity index (χ0n) is 21.3. The van der Waals surface area contributed by atoms with Crippen molar-refractivity contribution in [3.63, 3.8) is 0 Å². The van der Waals surface area contributed by atoms with E-state index in [-0.39, 0.29) is 36.6 Å². The fraction of sp³-hybridized carbons (Fsp3) is 0.379. The van der Waals surface area contributed by atoms with E-state index in [4.69, 9.17) is 0 Å². The van der Waals surface area contributed by atoms with Crippen LogP contribution in [0.4, 0.5) is 0 Å². The summed E-state index contributed by atoms with van der Waals surface area (Å²) in [7, 11) is 3.41. The SMILES string of the molecule is Cc1nn(C)c(C)c1CN(C(=O)C[C@@]1(c2ccc(-c3ccccc3)cc2)CC(=O)N(C)C1=O)C1CC1. The highest BCUT2D eigenvalue weighted by Gasteiger charge is 2.53. The lowest BCUT2D eigenvalue weighted by atomic mass is 9.75. The monoisotopic (exact) mass is 484 g/mol. The molecular formula is C29H32N4O3. The average Bonchev–Trinajstić information content (AvgIpc) is 3.65. The van der Waals surface area contributed by atoms with Crippen molar-refractivity contribution in [1.29, 1.82) is 0 Å². The van der Waals surface area contributed by atoms with E-state index >= 15 is 0 Å². The molecule has 0 unspecified atom stereocenters. The van der Waals surface area contributed by atoms with Crippen LogP contribution in [0.2, 0.25) is 0 Å². The number of hydrogen-bond donors (Lipinski definition) is 0. The molecule has 0 radical (unpaired) electrons. The molecule has 7 heteroatoms. The van der Waals surface area contributed by atoms with Gasteiger partial charge in [-0.1, -0.05) is 54.6 Å². The maximum Gasteiger partial charge on any atom is 0.240 e. The Hall–Kier alpha value is -3.74. The molecule has 5 rings (SSSR count). The number of likely N-dealkylation sites (tertiary alicyclic amines) is 1. The Kier molecular flexibility index (Phi) is 6.02. The van der Waals surface area contributed by atoms with Crippen molar-refractivity contribution in [3.05, 3.63) is 77.1 Å². The molecule has 1 aliphatic carbocycles. The van der Waals surface area contributed by atoms with E-state index < -0.39 is 5.41 Å². The number of benzene rings is 2. The molecule has 2 heterocycles. The molecule has 186 valence electrons. The highest BCUT2D eigenvalue weighted by molar-refractivity contribution is 6.10. The number of aryl methyl sites for hydroxylation is 2. The second kappa shape index (κ2) is 9.04. The van der Waals surface area contributed by atoms with Crippen LogP contribution in [-0.2, 0) is 33.4 Å². The zero-order chi connectivity index (χ0) is 25.6. The molecule has 1 aromatic heterocycles. The van der Waals surface area contributed by atoms with Crippen molar-refractivity contribution >= 4 is 17.7 Å². The van der Waals surface area contributed by atoms with Crippen molar-refractivity contribution < 1.29 is 14.4 Å². The Morgan fingerprint density at radius 3 is 2.17 bits per heavy atom. The van der Waals surface area contributed by atoms with Gasteiger partial charge in [0.25, 0.3) is 0 Å². The minimum absolute atomic E-state index is 0.00219. The molecule has 2 aliphatic rings. The molecule has 1 saturated heterocycles. The molecule has 7 nitrogen and oxygen atoms in total. The molecule has 0 bridgehead atoms. The lowest BCUT2D eigenvalue weighted by Crippen LogP contribution is -2.43. The van der Waals surface area contributed by atoms with Gasteiger partial charge in [0, 0.05) is 50.8 Å². The van der Waals surface area contributed by atoms with Crippen molar-refractivity contribution in [3.8, 4) is 11.1 Å². The molecule has 1 saturated carbocycles. The third-order valence-electron chi connectivity index (χ3n) is 7.83. The van der Waals surface area contributed by atoms with Crippen LogP contribution in [0.3, 0.4) is 0 Å². The summed E-state index contributed by atoms with van der Waals surface area (Å²) in [6, 6.07) is 17.9. The number of carbonyl (C=O) groups is 3. The summed E-state index contributed by atoms with van der Waals surface area (Å²) in [5.74, 6) is -0.654. The van der Waals surface area contributed by atoms with Gasteiger partial charge in [-0.25, -0.2) is 0 Å². The van der Waals surface area contributed by atoms with Crippen LogP contribution in [0.1, 0.15) is 48.2 Å². The van der Waals surface area contributed by atoms with Crippen LogP contribution in [0, 0.1) is 13.8 Å². The first-order valence-electron chi connectivity index (χ1n) is 12.5. The van der Waals surface area contributed by atoms with Crippen LogP contribution in [0.5, 0.6) is 0 Å². The smallest absolute Gasteiger partial charge is 0.240 e. The Morgan fingerprint density at radius 2 is 1.64 bits per heavy atom. The first-order chi connectivity index (χ1) is 17.2. The third kappa shape index (κ3) is 4.12. The average molecular weight is 485 g/mol. The molecule has 0 spiro atoms. The number of hydrogen-bond acceptors (Lipinski definition) is 4. The van der Waals surface area contributed by atoms with E-state index in [0.717, 1.165) is 40.9 Å². The lowest BCUT2D eigenvalue weighted by Gasteiger charge is -2.30. The number of carbonyl (C=O) groups excluding carboxylic acids is 3. The molecule has 3 amide bonds. The van der Waals surface area contributed by atoms with Gasteiger partial charge in [-0.3, -0.25) is 24.0 Å². The van der Waals surface area contributed by atoms with Gasteiger partial charge >= 0.3 is 0 Å². The van der Waals surface area contributed by atoms with Crippen molar-refractivity contribution in [1.82, 2.24) is 19.6 Å². The van der Waals surface area contributed by atoms with Crippen LogP contribution in [0.25, 0.3) is 11.1 Å². The molecule has 2 aromatic carbocycles. The minimum atomic E-state index is -1.19. The highest BCUT2D eigenvalue weighted by atomic mass is 16.2. The Morgan fingerprint density at radius 1 is 1.00 bits per heavy atom. The Labute approximate surface area is 211 Å². The normalized spacial score (nSPS) is 19.7. The molecule has 1 atom stereocenters. The quantitative estimate of drug-likeness (QED) is 0.477. The standard InChI is InChI=1S/C29H32N4O3/c1-19-25(20(2)32(4)30-19)18-33(24-14-15-24)27(35)17-29(16-26(34)31(3)28(29)36)23-12-10-22(11-13-23)21-8-6-5-7-9-21/h5-13,24H,14-18H2,1-4H3/t29-/m1/s1. The minimum Gasteiger partial charge on any atom is -0.335 e. The number of nitrogens with zero attached hydrogens (tertiary/aromatic N) is 4. The van der Waals surface area contributed by atoms with Crippen molar-refractivity contribution in [2.45, 2.75) is 57.5 Å². The van der Waals surface area contributed by atoms with Gasteiger partial charge in [-0.05, 0) is 43.4 Å². The molecule has 0 N–H and O–H groups in total. The third-order valence-corrected chi connectivity index (χ3v) is 7.83. The fourth-order valence-corrected chi connectivity index (χ4v) is 5.35. The van der Waals surface area contributed by atoms with E-state index in [1.54, 1.807) is 0 Å². The van der Waals surface area contributed by atoms with Crippen molar-refractivity contribution in [2.75, 3.05) is 7.05 Å². The predicted molar refractivity (Wildman–Crippen MR) is 137 cm³/mol. The number of likely N-dealkylation sites (N-methyl/N-ethyl adjacent to an activating group) is 1. The van der Waals surface area contributed by atoms with Gasteiger partial charge in [0.05, 0.1) is 11.1 Å². The second-order valence-electron chi connectivity index (χ2n) is 10.2. The number of imide groups is 1. The summed E-state index contributed by atoms with van der Waals surface area (Å²) >= 11 is 0. The lowest BCUT2D eigenvalue weighted by molar-refractivity contribution is -0.142. The Bertz CT molecular complexity index is 1320. The molecule has 1 aliphatic heterocycles. The van der Waals surface area contributed by atoms with E-state index in [2.05, 4.69) is 5.10 Å². The summed E-state index contributed by atoms with van der Waals surface area (Å²) in [6.07, 6.45) is 1.88. The van der Waals surface area contributed by atoms with E-state index in [9.17, 15) is 14.4 Å². The predicted octanol–water partition coefficient (Wildman–Crippen LogP) is 3.91. The zero-order valence-corrected chi connectivity index (χ0v) is 21.3. The first-order valence-corrected chi connectivity index (χ1v) is 12.5. The number of aromatic nitrogens is 2. The van der Waals surface area contributed by atoms with Gasteiger partial charge in [0.1, 0.15) is 0 Å². The van der Waals surface area contributed by atoms with Gasteiger partial charge in [0.15, 0.2) is 0 Å². The summed E-state index contributed by atoms with van der Waals surface area (Å²) in [6.45, 7) is 4.44. The number of amides is 3. The topological polar surface area (TPSA) is 75.5 Å². The van der Waals surface area contributed by atoms with E-state index in [1.807, 2.05) is 85.1 Å². The molecular weight excluding hydrogens is 452 g/mol. The van der Waals surface area contributed by atoms with Crippen LogP contribution in [0.15, 0.2) is 54.6 Å². The summed E-state index contributed by atoms with van der Waals surface area (Å²) in [5.41, 5.74) is 4.60. The maximum atomic E-state index is 13.9. The summed E-state index contributed by atoms with van der Waals surface area (Å²) in [4.78, 5) is 43.2. The highest BCUT2D eigenvalue weighted by Crippen LogP contribution is 2.42. The largest absolute Gasteiger partial charge is 0.335 e.